The minimum atomic E-state index is -0.00943. The number of hydrogen-bond donors (Lipinski definition) is 3. The van der Waals surface area contributed by atoms with Gasteiger partial charge in [-0.25, -0.2) is 0 Å². The van der Waals surface area contributed by atoms with E-state index in [1.54, 1.807) is 0 Å². The number of piperazine rings is 1. The molecule has 0 aromatic heterocycles. The zero-order valence-corrected chi connectivity index (χ0v) is 22.0. The van der Waals surface area contributed by atoms with Crippen LogP contribution in [0.5, 0.6) is 0 Å². The first-order valence-electron chi connectivity index (χ1n) is 13.8. The summed E-state index contributed by atoms with van der Waals surface area (Å²) in [5.74, 6) is 0.700. The first-order valence-corrected chi connectivity index (χ1v) is 13.8. The highest BCUT2D eigenvalue weighted by atomic mass is 16.1. The number of hydrogen-bond acceptors (Lipinski definition) is 4. The van der Waals surface area contributed by atoms with E-state index in [0.29, 0.717) is 18.5 Å². The van der Waals surface area contributed by atoms with Crippen LogP contribution in [0.3, 0.4) is 0 Å². The summed E-state index contributed by atoms with van der Waals surface area (Å²) in [6, 6.07) is 26.1. The van der Waals surface area contributed by atoms with Gasteiger partial charge in [-0.15, -0.1) is 0 Å². The van der Waals surface area contributed by atoms with Crippen molar-refractivity contribution in [2.45, 2.75) is 45.3 Å². The summed E-state index contributed by atoms with van der Waals surface area (Å²) in [6.07, 6.45) is 3.48. The van der Waals surface area contributed by atoms with Gasteiger partial charge in [0, 0.05) is 44.3 Å². The Morgan fingerprint density at radius 3 is 2.38 bits per heavy atom. The van der Waals surface area contributed by atoms with Gasteiger partial charge < -0.3 is 16.0 Å². The van der Waals surface area contributed by atoms with Crippen LogP contribution in [0.15, 0.2) is 72.8 Å². The molecule has 5 heteroatoms. The van der Waals surface area contributed by atoms with E-state index in [2.05, 4.69) is 88.4 Å². The Balaban J connectivity index is 1.19. The summed E-state index contributed by atoms with van der Waals surface area (Å²) < 4.78 is 0. The number of nitrogens with zero attached hydrogens (tertiary/aromatic N) is 1. The minimum Gasteiger partial charge on any atom is -0.348 e. The Morgan fingerprint density at radius 2 is 1.59 bits per heavy atom. The molecule has 0 bridgehead atoms. The molecule has 2 heterocycles. The van der Waals surface area contributed by atoms with E-state index in [9.17, 15) is 4.79 Å². The predicted octanol–water partition coefficient (Wildman–Crippen LogP) is 4.62. The first-order chi connectivity index (χ1) is 18.1. The molecule has 1 amide bonds. The lowest BCUT2D eigenvalue weighted by atomic mass is 9.90. The van der Waals surface area contributed by atoms with E-state index in [0.717, 1.165) is 56.8 Å². The van der Waals surface area contributed by atoms with Crippen molar-refractivity contribution in [2.24, 2.45) is 5.92 Å². The molecule has 3 aromatic carbocycles. The van der Waals surface area contributed by atoms with Gasteiger partial charge in [-0.3, -0.25) is 9.69 Å². The van der Waals surface area contributed by atoms with Gasteiger partial charge in [-0.05, 0) is 97.3 Å². The molecule has 0 spiro atoms. The normalized spacial score (nSPS) is 19.0. The zero-order chi connectivity index (χ0) is 25.5. The highest BCUT2D eigenvalue weighted by Gasteiger charge is 2.16. The van der Waals surface area contributed by atoms with Crippen LogP contribution in [0.4, 0.5) is 0 Å². The van der Waals surface area contributed by atoms with Crippen LogP contribution in [-0.4, -0.2) is 49.6 Å². The maximum Gasteiger partial charge on any atom is 0.251 e. The van der Waals surface area contributed by atoms with Gasteiger partial charge in [0.25, 0.3) is 5.91 Å². The fraction of sp³-hybridized carbons (Fsp3) is 0.406. The molecule has 5 nitrogen and oxygen atoms in total. The van der Waals surface area contributed by atoms with Crippen molar-refractivity contribution in [1.29, 1.82) is 0 Å². The van der Waals surface area contributed by atoms with Crippen molar-refractivity contribution < 1.29 is 4.79 Å². The number of carbonyl (C=O) groups is 1. The number of amides is 1. The lowest BCUT2D eigenvalue weighted by molar-refractivity contribution is 0.0950. The molecular weight excluding hydrogens is 456 g/mol. The zero-order valence-electron chi connectivity index (χ0n) is 22.0. The van der Waals surface area contributed by atoms with Gasteiger partial charge in [0.2, 0.25) is 0 Å². The largest absolute Gasteiger partial charge is 0.348 e. The van der Waals surface area contributed by atoms with Crippen molar-refractivity contribution in [2.75, 3.05) is 32.7 Å². The molecule has 2 aliphatic rings. The van der Waals surface area contributed by atoms with Gasteiger partial charge in [0.1, 0.15) is 0 Å². The molecule has 37 heavy (non-hydrogen) atoms. The van der Waals surface area contributed by atoms with E-state index >= 15 is 0 Å². The second kappa shape index (κ2) is 12.5. The molecule has 2 saturated heterocycles. The van der Waals surface area contributed by atoms with E-state index in [1.165, 1.54) is 35.1 Å². The van der Waals surface area contributed by atoms with Crippen LogP contribution in [0.25, 0.3) is 11.1 Å². The van der Waals surface area contributed by atoms with Crippen LogP contribution in [0.2, 0.25) is 0 Å². The quantitative estimate of drug-likeness (QED) is 0.426. The standard InChI is InChI=1S/C32H40N4O/c1-24-22-36(16-15-34-24)23-28-7-4-9-30(20-28)29-8-3-6-27(19-29)21-35-32(37)31-10-2-5-26(18-31)17-25-11-13-33-14-12-25/h2-10,18-20,24-25,33-34H,11-17,21-23H2,1H3,(H,35,37)/t24-/m0/s1. The third kappa shape index (κ3) is 7.29. The van der Waals surface area contributed by atoms with Crippen molar-refractivity contribution in [3.63, 3.8) is 0 Å². The van der Waals surface area contributed by atoms with Gasteiger partial charge in [0.05, 0.1) is 0 Å². The van der Waals surface area contributed by atoms with Crippen LogP contribution in [-0.2, 0) is 19.5 Å². The van der Waals surface area contributed by atoms with Gasteiger partial charge in [-0.1, -0.05) is 48.5 Å². The lowest BCUT2D eigenvalue weighted by Crippen LogP contribution is -2.48. The summed E-state index contributed by atoms with van der Waals surface area (Å²) in [5, 5.41) is 10.1. The lowest BCUT2D eigenvalue weighted by Gasteiger charge is -2.31. The summed E-state index contributed by atoms with van der Waals surface area (Å²) in [6.45, 7) is 9.17. The number of carbonyl (C=O) groups excluding carboxylic acids is 1. The second-order valence-electron chi connectivity index (χ2n) is 10.8. The topological polar surface area (TPSA) is 56.4 Å². The minimum absolute atomic E-state index is 0.00943. The van der Waals surface area contributed by atoms with E-state index in [4.69, 9.17) is 0 Å². The summed E-state index contributed by atoms with van der Waals surface area (Å²) in [4.78, 5) is 15.5. The Labute approximate surface area is 221 Å². The van der Waals surface area contributed by atoms with Crippen molar-refractivity contribution >= 4 is 5.91 Å². The smallest absolute Gasteiger partial charge is 0.251 e. The van der Waals surface area contributed by atoms with E-state index in [1.807, 2.05) is 12.1 Å². The molecular formula is C32H40N4O. The Hall–Kier alpha value is -2.99. The number of benzene rings is 3. The number of piperidine rings is 1. The van der Waals surface area contributed by atoms with E-state index in [-0.39, 0.29) is 5.91 Å². The summed E-state index contributed by atoms with van der Waals surface area (Å²) in [5.41, 5.74) is 6.87. The molecule has 3 N–H and O–H groups in total. The Morgan fingerprint density at radius 1 is 0.892 bits per heavy atom. The summed E-state index contributed by atoms with van der Waals surface area (Å²) in [7, 11) is 0. The SMILES string of the molecule is C[C@H]1CN(Cc2cccc(-c3cccc(CNC(=O)c4cccc(CC5CCNCC5)c4)c3)c2)CCN1. The molecule has 2 aliphatic heterocycles. The average molecular weight is 497 g/mol. The highest BCUT2D eigenvalue weighted by molar-refractivity contribution is 5.94. The second-order valence-corrected chi connectivity index (χ2v) is 10.8. The Kier molecular flexibility index (Phi) is 8.67. The first kappa shape index (κ1) is 25.7. The van der Waals surface area contributed by atoms with Crippen molar-refractivity contribution in [1.82, 2.24) is 20.9 Å². The van der Waals surface area contributed by atoms with E-state index < -0.39 is 0 Å². The third-order valence-electron chi connectivity index (χ3n) is 7.67. The van der Waals surface area contributed by atoms with Crippen LogP contribution in [0.1, 0.15) is 46.8 Å². The third-order valence-corrected chi connectivity index (χ3v) is 7.67. The van der Waals surface area contributed by atoms with Crippen LogP contribution >= 0.6 is 0 Å². The highest BCUT2D eigenvalue weighted by Crippen LogP contribution is 2.23. The maximum absolute atomic E-state index is 12.9. The molecule has 194 valence electrons. The monoisotopic (exact) mass is 496 g/mol. The van der Waals surface area contributed by atoms with Crippen molar-refractivity contribution in [3.8, 4) is 11.1 Å². The van der Waals surface area contributed by atoms with Gasteiger partial charge in [0.15, 0.2) is 0 Å². The molecule has 0 radical (unpaired) electrons. The fourth-order valence-electron chi connectivity index (χ4n) is 5.67. The number of nitrogens with one attached hydrogen (secondary N) is 3. The van der Waals surface area contributed by atoms with Crippen LogP contribution in [0, 0.1) is 5.92 Å². The summed E-state index contributed by atoms with van der Waals surface area (Å²) >= 11 is 0. The molecule has 0 unspecified atom stereocenters. The molecule has 2 fully saturated rings. The van der Waals surface area contributed by atoms with Crippen molar-refractivity contribution in [3.05, 3.63) is 95.1 Å². The van der Waals surface area contributed by atoms with Gasteiger partial charge in [-0.2, -0.15) is 0 Å². The molecule has 0 saturated carbocycles. The molecule has 3 aromatic rings. The Bertz CT molecular complexity index is 1190. The maximum atomic E-state index is 12.9. The number of rotatable bonds is 8. The molecule has 5 rings (SSSR count). The van der Waals surface area contributed by atoms with Crippen LogP contribution < -0.4 is 16.0 Å². The average Bonchev–Trinajstić information content (AvgIpc) is 2.93. The molecule has 1 atom stereocenters. The molecule has 0 aliphatic carbocycles. The van der Waals surface area contributed by atoms with Gasteiger partial charge >= 0.3 is 0 Å². The fourth-order valence-corrected chi connectivity index (χ4v) is 5.67. The predicted molar refractivity (Wildman–Crippen MR) is 152 cm³/mol.